The predicted molar refractivity (Wildman–Crippen MR) is 119 cm³/mol. The van der Waals surface area contributed by atoms with Gasteiger partial charge in [0, 0.05) is 25.2 Å². The van der Waals surface area contributed by atoms with Gasteiger partial charge in [0.25, 0.3) is 0 Å². The summed E-state index contributed by atoms with van der Waals surface area (Å²) in [5.41, 5.74) is 2.92. The summed E-state index contributed by atoms with van der Waals surface area (Å²) < 4.78 is 5.27. The quantitative estimate of drug-likeness (QED) is 0.665. The first-order valence-corrected chi connectivity index (χ1v) is 10.3. The Kier molecular flexibility index (Phi) is 5.70. The molecule has 1 aliphatic rings. The molecule has 2 amide bonds. The Morgan fingerprint density at radius 1 is 1.07 bits per heavy atom. The van der Waals surface area contributed by atoms with Crippen LogP contribution in [0.3, 0.4) is 0 Å². The minimum atomic E-state index is -0.252. The van der Waals surface area contributed by atoms with E-state index >= 15 is 0 Å². The molecule has 1 fully saturated rings. The van der Waals surface area contributed by atoms with Crippen LogP contribution in [0.15, 0.2) is 60.7 Å². The Labute approximate surface area is 176 Å². The van der Waals surface area contributed by atoms with Crippen molar-refractivity contribution in [1.82, 2.24) is 5.32 Å². The molecule has 0 saturated carbocycles. The van der Waals surface area contributed by atoms with Crippen molar-refractivity contribution in [3.05, 3.63) is 71.8 Å². The number of ether oxygens (including phenoxy) is 1. The summed E-state index contributed by atoms with van der Waals surface area (Å²) in [5.74, 6) is 0.736. The molecular weight excluding hydrogens is 376 g/mol. The summed E-state index contributed by atoms with van der Waals surface area (Å²) >= 11 is 0. The standard InChI is InChI=1S/C25H26N2O3/c1-17(19-7-8-21-15-23(30-2)12-9-20(21)14-19)25(29)26-16-18-5-10-22(11-6-18)27-13-3-4-24(27)28/h5-12,14-15,17H,3-4,13,16H2,1-2H3,(H,26,29)/t17-/m0/s1. The number of carbonyl (C=O) groups excluding carboxylic acids is 2. The molecule has 0 unspecified atom stereocenters. The molecule has 3 aromatic carbocycles. The van der Waals surface area contributed by atoms with Crippen molar-refractivity contribution in [2.24, 2.45) is 0 Å². The van der Waals surface area contributed by atoms with Crippen LogP contribution in [0, 0.1) is 0 Å². The molecule has 0 spiro atoms. The summed E-state index contributed by atoms with van der Waals surface area (Å²) in [6.45, 7) is 3.16. The van der Waals surface area contributed by atoms with Crippen LogP contribution in [-0.4, -0.2) is 25.5 Å². The fourth-order valence-electron chi connectivity index (χ4n) is 3.85. The fourth-order valence-corrected chi connectivity index (χ4v) is 3.85. The van der Waals surface area contributed by atoms with Gasteiger partial charge in [-0.3, -0.25) is 9.59 Å². The van der Waals surface area contributed by atoms with Crippen molar-refractivity contribution in [1.29, 1.82) is 0 Å². The van der Waals surface area contributed by atoms with Gasteiger partial charge in [0.1, 0.15) is 5.75 Å². The van der Waals surface area contributed by atoms with E-state index in [9.17, 15) is 9.59 Å². The lowest BCUT2D eigenvalue weighted by atomic mass is 9.97. The number of hydrogen-bond donors (Lipinski definition) is 1. The first kappa shape index (κ1) is 20.0. The number of amides is 2. The van der Waals surface area contributed by atoms with Crippen molar-refractivity contribution in [2.75, 3.05) is 18.6 Å². The number of carbonyl (C=O) groups is 2. The second kappa shape index (κ2) is 8.57. The van der Waals surface area contributed by atoms with Crippen molar-refractivity contribution in [2.45, 2.75) is 32.2 Å². The van der Waals surface area contributed by atoms with E-state index in [1.807, 2.05) is 66.4 Å². The molecule has 1 atom stereocenters. The van der Waals surface area contributed by atoms with E-state index in [0.29, 0.717) is 13.0 Å². The molecule has 5 heteroatoms. The average molecular weight is 402 g/mol. The molecule has 1 N–H and O–H groups in total. The van der Waals surface area contributed by atoms with E-state index in [1.165, 1.54) is 0 Å². The number of nitrogens with one attached hydrogen (secondary N) is 1. The van der Waals surface area contributed by atoms with Gasteiger partial charge in [0.15, 0.2) is 0 Å². The first-order chi connectivity index (χ1) is 14.5. The highest BCUT2D eigenvalue weighted by Crippen LogP contribution is 2.26. The van der Waals surface area contributed by atoms with Gasteiger partial charge in [-0.1, -0.05) is 36.4 Å². The van der Waals surface area contributed by atoms with Crippen molar-refractivity contribution in [3.8, 4) is 5.75 Å². The SMILES string of the molecule is COc1ccc2cc([C@H](C)C(=O)NCc3ccc(N4CCCC4=O)cc3)ccc2c1. The lowest BCUT2D eigenvalue weighted by Gasteiger charge is -2.16. The summed E-state index contributed by atoms with van der Waals surface area (Å²) in [6, 6.07) is 19.8. The highest BCUT2D eigenvalue weighted by molar-refractivity contribution is 5.95. The lowest BCUT2D eigenvalue weighted by Crippen LogP contribution is -2.27. The highest BCUT2D eigenvalue weighted by Gasteiger charge is 2.21. The van der Waals surface area contributed by atoms with E-state index in [4.69, 9.17) is 4.74 Å². The van der Waals surface area contributed by atoms with Crippen molar-refractivity contribution in [3.63, 3.8) is 0 Å². The molecule has 1 saturated heterocycles. The molecule has 30 heavy (non-hydrogen) atoms. The molecule has 1 aliphatic heterocycles. The maximum Gasteiger partial charge on any atom is 0.227 e. The minimum Gasteiger partial charge on any atom is -0.497 e. The fraction of sp³-hybridized carbons (Fsp3) is 0.280. The third kappa shape index (κ3) is 4.15. The van der Waals surface area contributed by atoms with E-state index in [0.717, 1.165) is 46.3 Å². The zero-order valence-electron chi connectivity index (χ0n) is 17.4. The summed E-state index contributed by atoms with van der Waals surface area (Å²) in [4.78, 5) is 26.4. The monoisotopic (exact) mass is 402 g/mol. The summed E-state index contributed by atoms with van der Waals surface area (Å²) in [5, 5.41) is 5.19. The topological polar surface area (TPSA) is 58.6 Å². The van der Waals surface area contributed by atoms with Crippen LogP contribution < -0.4 is 15.0 Å². The van der Waals surface area contributed by atoms with E-state index in [1.54, 1.807) is 7.11 Å². The second-order valence-corrected chi connectivity index (χ2v) is 7.73. The van der Waals surface area contributed by atoms with Crippen LogP contribution in [-0.2, 0) is 16.1 Å². The van der Waals surface area contributed by atoms with E-state index in [2.05, 4.69) is 11.4 Å². The van der Waals surface area contributed by atoms with Crippen molar-refractivity contribution >= 4 is 28.3 Å². The maximum absolute atomic E-state index is 12.7. The molecule has 1 heterocycles. The third-order valence-corrected chi connectivity index (χ3v) is 5.75. The van der Waals surface area contributed by atoms with Gasteiger partial charge < -0.3 is 15.0 Å². The van der Waals surface area contributed by atoms with Gasteiger partial charge in [-0.15, -0.1) is 0 Å². The van der Waals surface area contributed by atoms with Gasteiger partial charge in [0.2, 0.25) is 11.8 Å². The molecule has 154 valence electrons. The van der Waals surface area contributed by atoms with Gasteiger partial charge in [0.05, 0.1) is 13.0 Å². The highest BCUT2D eigenvalue weighted by atomic mass is 16.5. The largest absolute Gasteiger partial charge is 0.497 e. The smallest absolute Gasteiger partial charge is 0.227 e. The summed E-state index contributed by atoms with van der Waals surface area (Å²) in [7, 11) is 1.65. The number of methoxy groups -OCH3 is 1. The Morgan fingerprint density at radius 3 is 2.50 bits per heavy atom. The number of fused-ring (bicyclic) bond motifs is 1. The predicted octanol–water partition coefficient (Wildman–Crippen LogP) is 4.40. The van der Waals surface area contributed by atoms with Gasteiger partial charge in [-0.2, -0.15) is 0 Å². The van der Waals surface area contributed by atoms with Crippen LogP contribution in [0.25, 0.3) is 10.8 Å². The normalized spacial score (nSPS) is 14.7. The van der Waals surface area contributed by atoms with Crippen LogP contribution in [0.5, 0.6) is 5.75 Å². The molecule has 4 rings (SSSR count). The Morgan fingerprint density at radius 2 is 1.80 bits per heavy atom. The van der Waals surface area contributed by atoms with Crippen LogP contribution in [0.1, 0.15) is 36.8 Å². The van der Waals surface area contributed by atoms with Crippen LogP contribution >= 0.6 is 0 Å². The number of rotatable bonds is 6. The lowest BCUT2D eigenvalue weighted by molar-refractivity contribution is -0.122. The minimum absolute atomic E-state index is 0.0124. The molecule has 5 nitrogen and oxygen atoms in total. The number of hydrogen-bond acceptors (Lipinski definition) is 3. The second-order valence-electron chi connectivity index (χ2n) is 7.73. The number of nitrogens with zero attached hydrogens (tertiary/aromatic N) is 1. The molecule has 0 aliphatic carbocycles. The zero-order chi connectivity index (χ0) is 21.1. The summed E-state index contributed by atoms with van der Waals surface area (Å²) in [6.07, 6.45) is 1.54. The van der Waals surface area contributed by atoms with Gasteiger partial charge in [-0.25, -0.2) is 0 Å². The van der Waals surface area contributed by atoms with Gasteiger partial charge >= 0.3 is 0 Å². The zero-order valence-corrected chi connectivity index (χ0v) is 17.4. The molecule has 3 aromatic rings. The number of anilines is 1. The van der Waals surface area contributed by atoms with Crippen molar-refractivity contribution < 1.29 is 14.3 Å². The average Bonchev–Trinajstić information content (AvgIpc) is 3.22. The van der Waals surface area contributed by atoms with Gasteiger partial charge in [-0.05, 0) is 59.5 Å². The third-order valence-electron chi connectivity index (χ3n) is 5.75. The molecule has 0 bridgehead atoms. The molecule has 0 aromatic heterocycles. The Bertz CT molecular complexity index is 1080. The number of benzene rings is 3. The van der Waals surface area contributed by atoms with E-state index in [-0.39, 0.29) is 17.7 Å². The molecular formula is C25H26N2O3. The molecule has 0 radical (unpaired) electrons. The maximum atomic E-state index is 12.7. The van der Waals surface area contributed by atoms with E-state index < -0.39 is 0 Å². The Balaban J connectivity index is 1.38. The van der Waals surface area contributed by atoms with Crippen LogP contribution in [0.4, 0.5) is 5.69 Å². The first-order valence-electron chi connectivity index (χ1n) is 10.3. The van der Waals surface area contributed by atoms with Crippen LogP contribution in [0.2, 0.25) is 0 Å². The Hall–Kier alpha value is -3.34.